The number of hydrogen-bond acceptors (Lipinski definition) is 4. The molecule has 0 amide bonds. The molecule has 3 rings (SSSR count). The van der Waals surface area contributed by atoms with E-state index >= 15 is 0 Å². The molecule has 2 heterocycles. The highest BCUT2D eigenvalue weighted by molar-refractivity contribution is 6.31. The molecule has 0 aliphatic rings. The minimum Gasteiger partial charge on any atom is -0.339 e. The van der Waals surface area contributed by atoms with Crippen LogP contribution >= 0.6 is 11.6 Å². The van der Waals surface area contributed by atoms with Crippen LogP contribution in [-0.2, 0) is 7.05 Å². The fourth-order valence-corrected chi connectivity index (χ4v) is 2.11. The quantitative estimate of drug-likeness (QED) is 0.780. The van der Waals surface area contributed by atoms with Crippen molar-refractivity contribution in [3.63, 3.8) is 0 Å². The highest BCUT2D eigenvalue weighted by Crippen LogP contribution is 2.27. The second-order valence-electron chi connectivity index (χ2n) is 4.27. The third kappa shape index (κ3) is 2.02. The van der Waals surface area contributed by atoms with Crippen LogP contribution in [0.4, 0.5) is 11.5 Å². The van der Waals surface area contributed by atoms with Crippen molar-refractivity contribution in [3.8, 4) is 0 Å². The van der Waals surface area contributed by atoms with Crippen molar-refractivity contribution in [1.82, 2.24) is 19.7 Å². The van der Waals surface area contributed by atoms with E-state index in [1.54, 1.807) is 10.9 Å². The van der Waals surface area contributed by atoms with Crippen LogP contribution in [0.25, 0.3) is 11.0 Å². The van der Waals surface area contributed by atoms with Gasteiger partial charge in [-0.15, -0.1) is 0 Å². The van der Waals surface area contributed by atoms with E-state index in [0.29, 0.717) is 0 Å². The Hall–Kier alpha value is -2.14. The summed E-state index contributed by atoms with van der Waals surface area (Å²) in [6, 6.07) is 5.73. The molecule has 0 aliphatic heterocycles. The maximum atomic E-state index is 6.11. The van der Waals surface area contributed by atoms with Crippen LogP contribution in [0.15, 0.2) is 30.7 Å². The van der Waals surface area contributed by atoms with Crippen LogP contribution < -0.4 is 5.32 Å². The molecule has 96 valence electrons. The van der Waals surface area contributed by atoms with Gasteiger partial charge in [-0.25, -0.2) is 9.97 Å². The van der Waals surface area contributed by atoms with Crippen LogP contribution in [0.2, 0.25) is 5.02 Å². The number of nitrogens with zero attached hydrogens (tertiary/aromatic N) is 4. The molecule has 3 aromatic rings. The molecule has 0 radical (unpaired) electrons. The first-order valence-electron chi connectivity index (χ1n) is 5.81. The average molecular weight is 274 g/mol. The molecule has 0 spiro atoms. The second kappa shape index (κ2) is 4.51. The Morgan fingerprint density at radius 3 is 2.95 bits per heavy atom. The summed E-state index contributed by atoms with van der Waals surface area (Å²) in [6.07, 6.45) is 3.27. The molecular weight excluding hydrogens is 262 g/mol. The first-order chi connectivity index (χ1) is 9.16. The van der Waals surface area contributed by atoms with Crippen LogP contribution in [-0.4, -0.2) is 19.7 Å². The molecule has 1 N–H and O–H groups in total. The number of anilines is 2. The maximum absolute atomic E-state index is 6.11. The molecule has 19 heavy (non-hydrogen) atoms. The molecule has 6 heteroatoms. The lowest BCUT2D eigenvalue weighted by Crippen LogP contribution is -1.98. The zero-order valence-electron chi connectivity index (χ0n) is 10.6. The van der Waals surface area contributed by atoms with Gasteiger partial charge in [-0.2, -0.15) is 5.10 Å². The van der Waals surface area contributed by atoms with Crippen LogP contribution in [0, 0.1) is 6.92 Å². The van der Waals surface area contributed by atoms with E-state index in [0.717, 1.165) is 33.1 Å². The van der Waals surface area contributed by atoms with Gasteiger partial charge in [0.25, 0.3) is 0 Å². The fraction of sp³-hybridized carbons (Fsp3) is 0.154. The fourth-order valence-electron chi connectivity index (χ4n) is 1.93. The van der Waals surface area contributed by atoms with E-state index < -0.39 is 0 Å². The summed E-state index contributed by atoms with van der Waals surface area (Å²) in [5.41, 5.74) is 2.70. The highest BCUT2D eigenvalue weighted by Gasteiger charge is 2.09. The van der Waals surface area contributed by atoms with Gasteiger partial charge in [0.15, 0.2) is 5.65 Å². The van der Waals surface area contributed by atoms with Gasteiger partial charge in [0, 0.05) is 17.8 Å². The lowest BCUT2D eigenvalue weighted by molar-refractivity contribution is 0.785. The summed E-state index contributed by atoms with van der Waals surface area (Å²) < 4.78 is 1.72. The number of hydrogen-bond donors (Lipinski definition) is 1. The van der Waals surface area contributed by atoms with E-state index in [9.17, 15) is 0 Å². The third-order valence-electron chi connectivity index (χ3n) is 3.05. The number of nitrogens with one attached hydrogen (secondary N) is 1. The van der Waals surface area contributed by atoms with Crippen LogP contribution in [0.5, 0.6) is 0 Å². The molecule has 0 saturated heterocycles. The summed E-state index contributed by atoms with van der Waals surface area (Å²) in [5, 5.41) is 9.07. The maximum Gasteiger partial charge on any atom is 0.163 e. The number of aryl methyl sites for hydroxylation is 1. The van der Waals surface area contributed by atoms with Crippen LogP contribution in [0.3, 0.4) is 0 Å². The highest BCUT2D eigenvalue weighted by atomic mass is 35.5. The van der Waals surface area contributed by atoms with Crippen molar-refractivity contribution in [2.75, 3.05) is 5.32 Å². The van der Waals surface area contributed by atoms with Gasteiger partial charge in [-0.05, 0) is 24.6 Å². The SMILES string of the molecule is Cc1c(Cl)cccc1Nc1ncnc2c1cnn2C. The Labute approximate surface area is 115 Å². The number of halogens is 1. The van der Waals surface area contributed by atoms with Crippen molar-refractivity contribution in [2.45, 2.75) is 6.92 Å². The molecule has 0 saturated carbocycles. The third-order valence-corrected chi connectivity index (χ3v) is 3.46. The van der Waals surface area contributed by atoms with Gasteiger partial charge in [-0.3, -0.25) is 4.68 Å². The minimum absolute atomic E-state index is 0.724. The minimum atomic E-state index is 0.724. The molecule has 1 aromatic carbocycles. The Morgan fingerprint density at radius 1 is 1.26 bits per heavy atom. The Morgan fingerprint density at radius 2 is 2.11 bits per heavy atom. The Kier molecular flexibility index (Phi) is 2.83. The van der Waals surface area contributed by atoms with E-state index in [4.69, 9.17) is 11.6 Å². The monoisotopic (exact) mass is 273 g/mol. The van der Waals surface area contributed by atoms with Gasteiger partial charge < -0.3 is 5.32 Å². The number of rotatable bonds is 2. The first kappa shape index (κ1) is 11.9. The van der Waals surface area contributed by atoms with E-state index in [1.165, 1.54) is 6.33 Å². The zero-order chi connectivity index (χ0) is 13.4. The standard InChI is InChI=1S/C13H12ClN5/c1-8-10(14)4-3-5-11(8)18-12-9-6-17-19(2)13(9)16-7-15-12/h3-7H,1-2H3,(H,15,16,18). The van der Waals surface area contributed by atoms with E-state index in [1.807, 2.05) is 32.2 Å². The summed E-state index contributed by atoms with van der Waals surface area (Å²) >= 11 is 6.11. The second-order valence-corrected chi connectivity index (χ2v) is 4.67. The van der Waals surface area contributed by atoms with Crippen molar-refractivity contribution in [3.05, 3.63) is 41.3 Å². The number of fused-ring (bicyclic) bond motifs is 1. The largest absolute Gasteiger partial charge is 0.339 e. The van der Waals surface area contributed by atoms with Crippen molar-refractivity contribution < 1.29 is 0 Å². The molecule has 0 fully saturated rings. The molecule has 0 aliphatic carbocycles. The lowest BCUT2D eigenvalue weighted by Gasteiger charge is -2.10. The Balaban J connectivity index is 2.08. The van der Waals surface area contributed by atoms with Crippen LogP contribution in [0.1, 0.15) is 5.56 Å². The first-order valence-corrected chi connectivity index (χ1v) is 6.19. The topological polar surface area (TPSA) is 55.6 Å². The molecule has 0 atom stereocenters. The van der Waals surface area contributed by atoms with Crippen molar-refractivity contribution >= 4 is 34.1 Å². The zero-order valence-corrected chi connectivity index (χ0v) is 11.3. The summed E-state index contributed by atoms with van der Waals surface area (Å²) in [4.78, 5) is 8.47. The van der Waals surface area contributed by atoms with Gasteiger partial charge >= 0.3 is 0 Å². The summed E-state index contributed by atoms with van der Waals surface area (Å²) in [5.74, 6) is 0.725. The smallest absolute Gasteiger partial charge is 0.163 e. The molecular formula is C13H12ClN5. The summed E-state index contributed by atoms with van der Waals surface area (Å²) in [6.45, 7) is 1.96. The molecule has 0 unspecified atom stereocenters. The van der Waals surface area contributed by atoms with E-state index in [2.05, 4.69) is 20.4 Å². The number of benzene rings is 1. The van der Waals surface area contributed by atoms with Crippen molar-refractivity contribution in [1.29, 1.82) is 0 Å². The predicted molar refractivity (Wildman–Crippen MR) is 75.8 cm³/mol. The molecule has 5 nitrogen and oxygen atoms in total. The average Bonchev–Trinajstić information content (AvgIpc) is 2.78. The normalized spacial score (nSPS) is 10.9. The Bertz CT molecular complexity index is 750. The van der Waals surface area contributed by atoms with E-state index in [-0.39, 0.29) is 0 Å². The van der Waals surface area contributed by atoms with Gasteiger partial charge in [0.05, 0.1) is 11.6 Å². The predicted octanol–water partition coefficient (Wildman–Crippen LogP) is 3.07. The number of aromatic nitrogens is 4. The molecule has 0 bridgehead atoms. The molecule has 2 aromatic heterocycles. The van der Waals surface area contributed by atoms with Crippen molar-refractivity contribution in [2.24, 2.45) is 7.05 Å². The van der Waals surface area contributed by atoms with Gasteiger partial charge in [0.1, 0.15) is 12.1 Å². The van der Waals surface area contributed by atoms with Gasteiger partial charge in [0.2, 0.25) is 0 Å². The summed E-state index contributed by atoms with van der Waals surface area (Å²) in [7, 11) is 1.85. The lowest BCUT2D eigenvalue weighted by atomic mass is 10.2. The van der Waals surface area contributed by atoms with Gasteiger partial charge in [-0.1, -0.05) is 17.7 Å².